The lowest BCUT2D eigenvalue weighted by Crippen LogP contribution is -1.91. The Morgan fingerprint density at radius 1 is 0.255 bits per heavy atom. The molecule has 10 rings (SSSR count). The van der Waals surface area contributed by atoms with Gasteiger partial charge in [0.25, 0.3) is 0 Å². The minimum absolute atomic E-state index is 0.911. The quantitative estimate of drug-likeness (QED) is 0.185. The van der Waals surface area contributed by atoms with Crippen LogP contribution in [0.15, 0.2) is 174 Å². The molecule has 218 valence electrons. The van der Waals surface area contributed by atoms with E-state index in [4.69, 9.17) is 4.42 Å². The highest BCUT2D eigenvalue weighted by Gasteiger charge is 2.17. The smallest absolute Gasteiger partial charge is 0.136 e. The van der Waals surface area contributed by atoms with E-state index in [2.05, 4.69) is 170 Å². The molecule has 0 spiro atoms. The summed E-state index contributed by atoms with van der Waals surface area (Å²) in [5.41, 5.74) is 9.14. The number of rotatable bonds is 3. The van der Waals surface area contributed by atoms with Crippen LogP contribution in [0.2, 0.25) is 0 Å². The molecule has 0 aliphatic carbocycles. The Hall–Kier alpha value is -6.18. The zero-order valence-corrected chi connectivity index (χ0v) is 25.6. The first-order chi connectivity index (χ1) is 23.3. The maximum Gasteiger partial charge on any atom is 0.136 e. The first-order valence-electron chi connectivity index (χ1n) is 16.2. The molecule has 0 atom stereocenters. The second-order valence-electron chi connectivity index (χ2n) is 12.5. The molecule has 0 aliphatic heterocycles. The summed E-state index contributed by atoms with van der Waals surface area (Å²) in [4.78, 5) is 0. The van der Waals surface area contributed by atoms with E-state index >= 15 is 0 Å². The lowest BCUT2D eigenvalue weighted by Gasteiger charge is -2.18. The molecule has 0 unspecified atom stereocenters. The van der Waals surface area contributed by atoms with Crippen LogP contribution in [0.25, 0.3) is 98.4 Å². The van der Waals surface area contributed by atoms with Crippen LogP contribution in [-0.4, -0.2) is 0 Å². The zero-order valence-electron chi connectivity index (χ0n) is 25.6. The fraction of sp³-hybridized carbons (Fsp3) is 0. The number of benzene rings is 9. The highest BCUT2D eigenvalue weighted by Crippen LogP contribution is 2.45. The fourth-order valence-corrected chi connectivity index (χ4v) is 7.59. The molecular weight excluding hydrogens is 569 g/mol. The summed E-state index contributed by atoms with van der Waals surface area (Å²) in [7, 11) is 0. The second kappa shape index (κ2) is 10.2. The normalized spacial score (nSPS) is 11.8. The molecule has 0 saturated carbocycles. The van der Waals surface area contributed by atoms with Crippen molar-refractivity contribution in [1.82, 2.24) is 0 Å². The molecule has 1 heterocycles. The lowest BCUT2D eigenvalue weighted by atomic mass is 9.85. The van der Waals surface area contributed by atoms with Gasteiger partial charge in [0.1, 0.15) is 11.2 Å². The van der Waals surface area contributed by atoms with Crippen LogP contribution in [-0.2, 0) is 0 Å². The molecule has 10 aromatic rings. The monoisotopic (exact) mass is 596 g/mol. The predicted octanol–water partition coefficient (Wildman–Crippen LogP) is 13.2. The van der Waals surface area contributed by atoms with Crippen LogP contribution in [0.4, 0.5) is 0 Å². The molecule has 0 aliphatic rings. The fourth-order valence-electron chi connectivity index (χ4n) is 7.59. The average molecular weight is 597 g/mol. The molecule has 0 radical (unpaired) electrons. The van der Waals surface area contributed by atoms with E-state index in [9.17, 15) is 0 Å². The molecule has 0 amide bonds. The summed E-state index contributed by atoms with van der Waals surface area (Å²) in [6, 6.07) is 61.7. The van der Waals surface area contributed by atoms with E-state index < -0.39 is 0 Å². The third-order valence-electron chi connectivity index (χ3n) is 9.79. The second-order valence-corrected chi connectivity index (χ2v) is 12.5. The Bertz CT molecular complexity index is 2800. The molecule has 0 N–H and O–H groups in total. The first-order valence-corrected chi connectivity index (χ1v) is 16.2. The Kier molecular flexibility index (Phi) is 5.64. The largest absolute Gasteiger partial charge is 0.456 e. The average Bonchev–Trinajstić information content (AvgIpc) is 3.49. The summed E-state index contributed by atoms with van der Waals surface area (Å²) < 4.78 is 6.43. The summed E-state index contributed by atoms with van der Waals surface area (Å²) in [5, 5.41) is 12.3. The Morgan fingerprint density at radius 3 is 1.43 bits per heavy atom. The number of fused-ring (bicyclic) bond motifs is 7. The van der Waals surface area contributed by atoms with Crippen molar-refractivity contribution in [3.8, 4) is 33.4 Å². The molecule has 1 aromatic heterocycles. The van der Waals surface area contributed by atoms with Crippen molar-refractivity contribution in [3.63, 3.8) is 0 Å². The highest BCUT2D eigenvalue weighted by molar-refractivity contribution is 6.22. The van der Waals surface area contributed by atoms with E-state index in [1.165, 1.54) is 70.9 Å². The topological polar surface area (TPSA) is 13.1 Å². The van der Waals surface area contributed by atoms with Crippen LogP contribution in [0.3, 0.4) is 0 Å². The van der Waals surface area contributed by atoms with Crippen LogP contribution in [0, 0.1) is 0 Å². The number of hydrogen-bond acceptors (Lipinski definition) is 1. The standard InChI is InChI=1S/C46H28O/c1-2-11-30-24-36(21-20-29(30)10-1)46-40-18-7-5-16-38(40)45(39-17-6-8-19-41(39)46)35-15-9-14-31(25-35)34-22-23-37-42-26-32-12-3-4-13-33(32)27-44(42)47-43(37)28-34/h1-28H. The zero-order chi connectivity index (χ0) is 30.9. The Balaban J connectivity index is 1.16. The van der Waals surface area contributed by atoms with Crippen molar-refractivity contribution in [2.24, 2.45) is 0 Å². The number of furan rings is 1. The summed E-state index contributed by atoms with van der Waals surface area (Å²) in [6.45, 7) is 0. The van der Waals surface area contributed by atoms with Crippen molar-refractivity contribution in [3.05, 3.63) is 170 Å². The molecule has 9 aromatic carbocycles. The SMILES string of the molecule is c1cc(-c2ccc3c(c2)oc2cc4ccccc4cc23)cc(-c2c3ccccc3c(-c3ccc4ccccc4c3)c3ccccc23)c1. The van der Waals surface area contributed by atoms with Gasteiger partial charge >= 0.3 is 0 Å². The van der Waals surface area contributed by atoms with Crippen LogP contribution in [0.1, 0.15) is 0 Å². The van der Waals surface area contributed by atoms with Gasteiger partial charge in [-0.15, -0.1) is 0 Å². The van der Waals surface area contributed by atoms with Gasteiger partial charge in [0.2, 0.25) is 0 Å². The van der Waals surface area contributed by atoms with E-state index in [0.717, 1.165) is 27.5 Å². The lowest BCUT2D eigenvalue weighted by molar-refractivity contribution is 0.669. The van der Waals surface area contributed by atoms with Crippen LogP contribution in [0.5, 0.6) is 0 Å². The molecule has 1 nitrogen and oxygen atoms in total. The van der Waals surface area contributed by atoms with Crippen molar-refractivity contribution in [1.29, 1.82) is 0 Å². The van der Waals surface area contributed by atoms with Crippen LogP contribution < -0.4 is 0 Å². The highest BCUT2D eigenvalue weighted by atomic mass is 16.3. The van der Waals surface area contributed by atoms with Crippen molar-refractivity contribution in [2.75, 3.05) is 0 Å². The molecule has 1 heteroatoms. The predicted molar refractivity (Wildman–Crippen MR) is 200 cm³/mol. The molecule has 47 heavy (non-hydrogen) atoms. The van der Waals surface area contributed by atoms with Crippen molar-refractivity contribution in [2.45, 2.75) is 0 Å². The first kappa shape index (κ1) is 26.1. The van der Waals surface area contributed by atoms with Gasteiger partial charge in [-0.05, 0) is 113 Å². The maximum atomic E-state index is 6.43. The van der Waals surface area contributed by atoms with Gasteiger partial charge in [-0.2, -0.15) is 0 Å². The van der Waals surface area contributed by atoms with E-state index in [0.29, 0.717) is 0 Å². The van der Waals surface area contributed by atoms with Crippen molar-refractivity contribution >= 4 is 65.0 Å². The van der Waals surface area contributed by atoms with Gasteiger partial charge in [-0.3, -0.25) is 0 Å². The Morgan fingerprint density at radius 2 is 0.745 bits per heavy atom. The molecule has 0 fully saturated rings. The minimum atomic E-state index is 0.911. The third-order valence-corrected chi connectivity index (χ3v) is 9.79. The maximum absolute atomic E-state index is 6.43. The van der Waals surface area contributed by atoms with Crippen molar-refractivity contribution < 1.29 is 4.42 Å². The Labute approximate surface area is 271 Å². The van der Waals surface area contributed by atoms with Gasteiger partial charge in [-0.25, -0.2) is 0 Å². The summed E-state index contributed by atoms with van der Waals surface area (Å²) >= 11 is 0. The summed E-state index contributed by atoms with van der Waals surface area (Å²) in [6.07, 6.45) is 0. The van der Waals surface area contributed by atoms with E-state index in [1.54, 1.807) is 0 Å². The summed E-state index contributed by atoms with van der Waals surface area (Å²) in [5.74, 6) is 0. The molecule has 0 saturated heterocycles. The minimum Gasteiger partial charge on any atom is -0.456 e. The van der Waals surface area contributed by atoms with E-state index in [1.807, 2.05) is 0 Å². The van der Waals surface area contributed by atoms with Gasteiger partial charge in [0, 0.05) is 10.8 Å². The third kappa shape index (κ3) is 4.10. The van der Waals surface area contributed by atoms with Crippen LogP contribution >= 0.6 is 0 Å². The van der Waals surface area contributed by atoms with Gasteiger partial charge in [0.15, 0.2) is 0 Å². The van der Waals surface area contributed by atoms with E-state index in [-0.39, 0.29) is 0 Å². The van der Waals surface area contributed by atoms with Gasteiger partial charge in [-0.1, -0.05) is 133 Å². The van der Waals surface area contributed by atoms with Gasteiger partial charge in [0.05, 0.1) is 0 Å². The molecular formula is C46H28O. The van der Waals surface area contributed by atoms with Gasteiger partial charge < -0.3 is 4.42 Å². The molecule has 0 bridgehead atoms. The number of hydrogen-bond donors (Lipinski definition) is 0.